The minimum absolute atomic E-state index is 0.180. The van der Waals surface area contributed by atoms with Gasteiger partial charge in [-0.3, -0.25) is 14.4 Å². The molecule has 1 fully saturated rings. The molecule has 3 aromatic rings. The van der Waals surface area contributed by atoms with E-state index in [4.69, 9.17) is 14.2 Å². The lowest BCUT2D eigenvalue weighted by Gasteiger charge is -2.35. The molecule has 0 bridgehead atoms. The van der Waals surface area contributed by atoms with E-state index in [1.54, 1.807) is 40.5 Å². The van der Waals surface area contributed by atoms with Crippen molar-refractivity contribution in [3.8, 4) is 16.2 Å². The van der Waals surface area contributed by atoms with Crippen molar-refractivity contribution in [2.45, 2.75) is 72.0 Å². The van der Waals surface area contributed by atoms with Gasteiger partial charge in [0, 0.05) is 19.7 Å². The molecule has 0 aliphatic carbocycles. The lowest BCUT2D eigenvalue weighted by atomic mass is 9.85. The predicted molar refractivity (Wildman–Crippen MR) is 184 cm³/mol. The number of hydrogen-bond acceptors (Lipinski definition) is 9. The van der Waals surface area contributed by atoms with Gasteiger partial charge in [-0.05, 0) is 73.4 Å². The summed E-state index contributed by atoms with van der Waals surface area (Å²) in [6.45, 7) is 9.10. The monoisotopic (exact) mass is 678 g/mol. The Morgan fingerprint density at radius 1 is 1.02 bits per heavy atom. The summed E-state index contributed by atoms with van der Waals surface area (Å²) in [6.07, 6.45) is 2.66. The Morgan fingerprint density at radius 2 is 1.73 bits per heavy atom. The molecule has 258 valence electrons. The van der Waals surface area contributed by atoms with Crippen molar-refractivity contribution >= 4 is 35.0 Å². The van der Waals surface area contributed by atoms with E-state index in [0.717, 1.165) is 21.7 Å². The molecular formula is C36H46N4O7S. The van der Waals surface area contributed by atoms with Crippen LogP contribution in [-0.2, 0) is 30.4 Å². The van der Waals surface area contributed by atoms with Crippen LogP contribution in [0.25, 0.3) is 10.4 Å². The first kappa shape index (κ1) is 36.5. The van der Waals surface area contributed by atoms with Crippen LogP contribution in [0.2, 0.25) is 0 Å². The first-order chi connectivity index (χ1) is 23.0. The van der Waals surface area contributed by atoms with Gasteiger partial charge in [-0.2, -0.15) is 0 Å². The summed E-state index contributed by atoms with van der Waals surface area (Å²) in [7, 11) is 1.33. The van der Waals surface area contributed by atoms with Gasteiger partial charge in [-0.15, -0.1) is 11.3 Å². The predicted octanol–water partition coefficient (Wildman–Crippen LogP) is 4.92. The highest BCUT2D eigenvalue weighted by Gasteiger charge is 2.41. The number of rotatable bonds is 15. The summed E-state index contributed by atoms with van der Waals surface area (Å²) in [5, 5.41) is 5.86. The molecule has 1 aromatic heterocycles. The largest absolute Gasteiger partial charge is 0.494 e. The zero-order chi connectivity index (χ0) is 34.7. The van der Waals surface area contributed by atoms with Crippen molar-refractivity contribution in [1.29, 1.82) is 0 Å². The third-order valence-electron chi connectivity index (χ3n) is 8.15. The van der Waals surface area contributed by atoms with Crippen molar-refractivity contribution in [2.75, 3.05) is 33.5 Å². The minimum Gasteiger partial charge on any atom is -0.494 e. The number of hydrogen-bond donors (Lipinski definition) is 2. The van der Waals surface area contributed by atoms with Crippen molar-refractivity contribution < 1.29 is 33.4 Å². The third-order valence-corrected chi connectivity index (χ3v) is 9.12. The number of aryl methyl sites for hydroxylation is 1. The van der Waals surface area contributed by atoms with Gasteiger partial charge in [0.05, 0.1) is 35.4 Å². The zero-order valence-corrected chi connectivity index (χ0v) is 29.2. The van der Waals surface area contributed by atoms with Crippen LogP contribution in [-0.4, -0.2) is 79.1 Å². The number of thiazole rings is 1. The van der Waals surface area contributed by atoms with E-state index in [-0.39, 0.29) is 24.3 Å². The highest BCUT2D eigenvalue weighted by Crippen LogP contribution is 2.28. The van der Waals surface area contributed by atoms with Crippen LogP contribution in [0.15, 0.2) is 54.0 Å². The molecule has 4 rings (SSSR count). The van der Waals surface area contributed by atoms with Gasteiger partial charge in [-0.25, -0.2) is 9.78 Å². The lowest BCUT2D eigenvalue weighted by molar-refractivity contribution is -0.144. The van der Waals surface area contributed by atoms with Gasteiger partial charge in [-0.1, -0.05) is 45.0 Å². The van der Waals surface area contributed by atoms with E-state index >= 15 is 0 Å². The van der Waals surface area contributed by atoms with Gasteiger partial charge in [0.25, 0.3) is 0 Å². The maximum atomic E-state index is 13.8. The SMILES string of the molecule is COC(=O)c1ccc(OCCCCOCC(=O)NC(C(=O)N2CCC[C@H]2C(=O)NCc2ccc(-c3scnc3C)cc2)C(C)(C)C)cc1. The van der Waals surface area contributed by atoms with Gasteiger partial charge in [0.1, 0.15) is 24.4 Å². The fourth-order valence-corrected chi connectivity index (χ4v) is 6.26. The van der Waals surface area contributed by atoms with Crippen molar-refractivity contribution in [3.63, 3.8) is 0 Å². The summed E-state index contributed by atoms with van der Waals surface area (Å²) in [4.78, 5) is 58.4. The first-order valence-corrected chi connectivity index (χ1v) is 17.1. The molecule has 2 heterocycles. The molecule has 1 aliphatic rings. The summed E-state index contributed by atoms with van der Waals surface area (Å²) in [6, 6.07) is 13.3. The molecule has 11 nitrogen and oxygen atoms in total. The van der Waals surface area contributed by atoms with E-state index in [2.05, 4.69) is 15.6 Å². The summed E-state index contributed by atoms with van der Waals surface area (Å²) < 4.78 is 16.0. The molecule has 1 aliphatic heterocycles. The van der Waals surface area contributed by atoms with Gasteiger partial charge in [0.2, 0.25) is 17.7 Å². The van der Waals surface area contributed by atoms with Gasteiger partial charge in [0.15, 0.2) is 0 Å². The molecule has 2 atom stereocenters. The van der Waals surface area contributed by atoms with Crippen LogP contribution in [0.4, 0.5) is 0 Å². The average Bonchev–Trinajstić information content (AvgIpc) is 3.74. The number of nitrogens with one attached hydrogen (secondary N) is 2. The molecule has 3 amide bonds. The topological polar surface area (TPSA) is 136 Å². The van der Waals surface area contributed by atoms with Crippen molar-refractivity contribution in [1.82, 2.24) is 20.5 Å². The average molecular weight is 679 g/mol. The van der Waals surface area contributed by atoms with Crippen molar-refractivity contribution in [3.05, 3.63) is 70.9 Å². The Bertz CT molecular complexity index is 1530. The Kier molecular flexibility index (Phi) is 13.1. The Hall–Kier alpha value is -4.29. The molecule has 2 aromatic carbocycles. The highest BCUT2D eigenvalue weighted by molar-refractivity contribution is 7.13. The maximum Gasteiger partial charge on any atom is 0.337 e. The van der Waals surface area contributed by atoms with E-state index in [0.29, 0.717) is 63.3 Å². The normalized spacial score (nSPS) is 15.1. The highest BCUT2D eigenvalue weighted by atomic mass is 32.1. The van der Waals surface area contributed by atoms with Crippen LogP contribution in [0.3, 0.4) is 0 Å². The van der Waals surface area contributed by atoms with E-state index < -0.39 is 23.5 Å². The maximum absolute atomic E-state index is 13.8. The number of amides is 3. The molecular weight excluding hydrogens is 632 g/mol. The van der Waals surface area contributed by atoms with Crippen LogP contribution >= 0.6 is 11.3 Å². The number of unbranched alkanes of at least 4 members (excludes halogenated alkanes) is 1. The second-order valence-electron chi connectivity index (χ2n) is 12.9. The number of esters is 1. The van der Waals surface area contributed by atoms with Crippen LogP contribution in [0.1, 0.15) is 68.1 Å². The number of methoxy groups -OCH3 is 1. The van der Waals surface area contributed by atoms with E-state index in [1.165, 1.54) is 7.11 Å². The van der Waals surface area contributed by atoms with E-state index in [9.17, 15) is 19.2 Å². The molecule has 0 radical (unpaired) electrons. The number of carbonyl (C=O) groups is 4. The molecule has 1 unspecified atom stereocenters. The summed E-state index contributed by atoms with van der Waals surface area (Å²) in [5.74, 6) is -0.614. The minimum atomic E-state index is -0.816. The number of ether oxygens (including phenoxy) is 3. The molecule has 0 saturated carbocycles. The summed E-state index contributed by atoms with van der Waals surface area (Å²) in [5.41, 5.74) is 4.74. The molecule has 0 spiro atoms. The fraction of sp³-hybridized carbons (Fsp3) is 0.472. The number of likely N-dealkylation sites (tertiary alicyclic amines) is 1. The third kappa shape index (κ3) is 10.1. The number of nitrogens with zero attached hydrogens (tertiary/aromatic N) is 2. The number of aromatic nitrogens is 1. The molecule has 12 heteroatoms. The lowest BCUT2D eigenvalue weighted by Crippen LogP contribution is -2.58. The Morgan fingerprint density at radius 3 is 2.38 bits per heavy atom. The number of benzene rings is 2. The smallest absolute Gasteiger partial charge is 0.337 e. The second-order valence-corrected chi connectivity index (χ2v) is 13.7. The van der Waals surface area contributed by atoms with Gasteiger partial charge >= 0.3 is 5.97 Å². The second kappa shape index (κ2) is 17.2. The Balaban J connectivity index is 1.20. The first-order valence-electron chi connectivity index (χ1n) is 16.2. The summed E-state index contributed by atoms with van der Waals surface area (Å²) >= 11 is 1.60. The molecule has 2 N–H and O–H groups in total. The fourth-order valence-electron chi connectivity index (χ4n) is 5.45. The number of carbonyl (C=O) groups excluding carboxylic acids is 4. The van der Waals surface area contributed by atoms with Crippen molar-refractivity contribution in [2.24, 2.45) is 5.41 Å². The van der Waals surface area contributed by atoms with E-state index in [1.807, 2.05) is 57.5 Å². The molecule has 1 saturated heterocycles. The van der Waals surface area contributed by atoms with Crippen LogP contribution in [0.5, 0.6) is 5.75 Å². The standard InChI is InChI=1S/C36H46N4O7S/c1-24-31(48-23-38-24)26-12-10-25(11-13-26)21-37-33(42)29-9-8-18-40(29)34(43)32(36(2,3)4)39-30(41)22-46-19-6-7-20-47-28-16-14-27(15-17-28)35(44)45-5/h10-17,23,29,32H,6-9,18-22H2,1-5H3,(H,37,42)(H,39,41)/t29-,32?/m0/s1. The van der Waals surface area contributed by atoms with Crippen LogP contribution in [0, 0.1) is 12.3 Å². The zero-order valence-electron chi connectivity index (χ0n) is 28.4. The van der Waals surface area contributed by atoms with Crippen LogP contribution < -0.4 is 15.4 Å². The molecule has 48 heavy (non-hydrogen) atoms. The Labute approximate surface area is 286 Å². The quantitative estimate of drug-likeness (QED) is 0.171. The van der Waals surface area contributed by atoms with Gasteiger partial charge < -0.3 is 29.7 Å².